The van der Waals surface area contributed by atoms with Crippen LogP contribution in [0.3, 0.4) is 0 Å². The van der Waals surface area contributed by atoms with Gasteiger partial charge in [-0.05, 0) is 84.3 Å². The van der Waals surface area contributed by atoms with E-state index in [0.29, 0.717) is 12.0 Å². The van der Waals surface area contributed by atoms with Crippen LogP contribution in [-0.2, 0) is 9.53 Å². The highest BCUT2D eigenvalue weighted by Crippen LogP contribution is 2.35. The fourth-order valence-corrected chi connectivity index (χ4v) is 5.01. The zero-order chi connectivity index (χ0) is 20.4. The summed E-state index contributed by atoms with van der Waals surface area (Å²) in [7, 11) is 0. The summed E-state index contributed by atoms with van der Waals surface area (Å²) < 4.78 is 6.97. The number of rotatable bonds is 5. The molecule has 28 heavy (non-hydrogen) atoms. The first-order valence-electron chi connectivity index (χ1n) is 9.36. The van der Waals surface area contributed by atoms with Crippen LogP contribution >= 0.6 is 34.4 Å². The summed E-state index contributed by atoms with van der Waals surface area (Å²) in [6.45, 7) is 8.03. The van der Waals surface area contributed by atoms with E-state index in [1.54, 1.807) is 11.8 Å². The molecule has 2 aromatic carbocycles. The van der Waals surface area contributed by atoms with Crippen molar-refractivity contribution >= 4 is 45.9 Å². The molecule has 0 radical (unpaired) electrons. The van der Waals surface area contributed by atoms with Gasteiger partial charge < -0.3 is 9.84 Å². The molecule has 1 heterocycles. The van der Waals surface area contributed by atoms with Crippen molar-refractivity contribution < 1.29 is 14.6 Å². The van der Waals surface area contributed by atoms with Crippen LogP contribution in [0.25, 0.3) is 5.57 Å². The summed E-state index contributed by atoms with van der Waals surface area (Å²) in [5.41, 5.74) is 4.23. The average Bonchev–Trinajstić information content (AvgIpc) is 2.62. The molecule has 2 atom stereocenters. The number of thioether (sulfide) groups is 1. The van der Waals surface area contributed by atoms with Gasteiger partial charge in [0.15, 0.2) is 0 Å². The zero-order valence-electron chi connectivity index (χ0n) is 16.6. The normalized spacial score (nSPS) is 18.2. The van der Waals surface area contributed by atoms with Gasteiger partial charge in [-0.15, -0.1) is 11.8 Å². The summed E-state index contributed by atoms with van der Waals surface area (Å²) >= 11 is 4.04. The molecule has 0 aliphatic carbocycles. The standard InChI is InChI=1S/C23H25IO3S/c1-13-9-14(2)21(15(3)10-13)22-19(25)11-20(27-23(22)26)16(4)12-28-18-7-5-17(24)6-8-18/h5-10,16,20,25H,11-12H2,1-4H3. The number of aliphatic hydroxyl groups is 1. The minimum Gasteiger partial charge on any atom is -0.511 e. The van der Waals surface area contributed by atoms with Crippen LogP contribution in [0.15, 0.2) is 47.1 Å². The number of carbonyl (C=O) groups is 1. The molecule has 0 spiro atoms. The molecule has 0 aromatic heterocycles. The van der Waals surface area contributed by atoms with Gasteiger partial charge in [-0.3, -0.25) is 0 Å². The van der Waals surface area contributed by atoms with E-state index in [4.69, 9.17) is 4.74 Å². The number of carbonyl (C=O) groups excluding carboxylic acids is 1. The molecule has 5 heteroatoms. The molecule has 2 aromatic rings. The molecule has 1 aliphatic heterocycles. The minimum atomic E-state index is -0.421. The lowest BCUT2D eigenvalue weighted by atomic mass is 9.89. The smallest absolute Gasteiger partial charge is 0.342 e. The fraction of sp³-hybridized carbons (Fsp3) is 0.348. The van der Waals surface area contributed by atoms with E-state index in [2.05, 4.69) is 53.8 Å². The van der Waals surface area contributed by atoms with Crippen LogP contribution in [0.5, 0.6) is 0 Å². The Morgan fingerprint density at radius 3 is 2.36 bits per heavy atom. The Kier molecular flexibility index (Phi) is 6.76. The van der Waals surface area contributed by atoms with Crippen LogP contribution in [-0.4, -0.2) is 22.9 Å². The lowest BCUT2D eigenvalue weighted by molar-refractivity contribution is -0.145. The van der Waals surface area contributed by atoms with Gasteiger partial charge in [-0.25, -0.2) is 4.79 Å². The first-order valence-corrected chi connectivity index (χ1v) is 11.4. The van der Waals surface area contributed by atoms with Crippen molar-refractivity contribution in [2.45, 2.75) is 45.1 Å². The van der Waals surface area contributed by atoms with E-state index >= 15 is 0 Å². The predicted molar refractivity (Wildman–Crippen MR) is 124 cm³/mol. The molecule has 0 bridgehead atoms. The lowest BCUT2D eigenvalue weighted by Crippen LogP contribution is -2.32. The molecule has 0 saturated carbocycles. The number of esters is 1. The predicted octanol–water partition coefficient (Wildman–Crippen LogP) is 6.23. The highest BCUT2D eigenvalue weighted by Gasteiger charge is 2.34. The number of cyclic esters (lactones) is 1. The maximum absolute atomic E-state index is 12.8. The Morgan fingerprint density at radius 1 is 1.18 bits per heavy atom. The van der Waals surface area contributed by atoms with Gasteiger partial charge >= 0.3 is 5.97 Å². The Balaban J connectivity index is 1.75. The quantitative estimate of drug-likeness (QED) is 0.296. The molecular formula is C23H25IO3S. The van der Waals surface area contributed by atoms with Crippen LogP contribution in [0.1, 0.15) is 35.6 Å². The first-order chi connectivity index (χ1) is 13.3. The number of hydrogen-bond acceptors (Lipinski definition) is 4. The molecule has 2 unspecified atom stereocenters. The van der Waals surface area contributed by atoms with Crippen LogP contribution in [0, 0.1) is 30.3 Å². The largest absolute Gasteiger partial charge is 0.511 e. The third-order valence-corrected chi connectivity index (χ3v) is 7.05. The Morgan fingerprint density at radius 2 is 1.79 bits per heavy atom. The molecule has 3 rings (SSSR count). The monoisotopic (exact) mass is 508 g/mol. The van der Waals surface area contributed by atoms with E-state index < -0.39 is 5.97 Å². The molecular weight excluding hydrogens is 483 g/mol. The lowest BCUT2D eigenvalue weighted by Gasteiger charge is -2.29. The number of aryl methyl sites for hydroxylation is 3. The molecule has 0 amide bonds. The third-order valence-electron chi connectivity index (χ3n) is 5.03. The summed E-state index contributed by atoms with van der Waals surface area (Å²) in [4.78, 5) is 14.0. The van der Waals surface area contributed by atoms with Crippen LogP contribution < -0.4 is 0 Å². The number of benzene rings is 2. The van der Waals surface area contributed by atoms with Crippen molar-refractivity contribution in [3.8, 4) is 0 Å². The van der Waals surface area contributed by atoms with Gasteiger partial charge in [0.05, 0.1) is 0 Å². The molecule has 1 aliphatic rings. The summed E-state index contributed by atoms with van der Waals surface area (Å²) in [6.07, 6.45) is 0.0565. The Labute approximate surface area is 184 Å². The van der Waals surface area contributed by atoms with Crippen molar-refractivity contribution in [3.05, 3.63) is 68.0 Å². The highest BCUT2D eigenvalue weighted by atomic mass is 127. The van der Waals surface area contributed by atoms with Gasteiger partial charge in [-0.2, -0.15) is 0 Å². The zero-order valence-corrected chi connectivity index (χ0v) is 19.6. The van der Waals surface area contributed by atoms with Gasteiger partial charge in [0.25, 0.3) is 0 Å². The van der Waals surface area contributed by atoms with Gasteiger partial charge in [0.2, 0.25) is 0 Å². The van der Waals surface area contributed by atoms with Crippen molar-refractivity contribution in [2.24, 2.45) is 5.92 Å². The minimum absolute atomic E-state index is 0.136. The van der Waals surface area contributed by atoms with E-state index in [-0.39, 0.29) is 17.8 Å². The summed E-state index contributed by atoms with van der Waals surface area (Å²) in [5.74, 6) is 0.679. The summed E-state index contributed by atoms with van der Waals surface area (Å²) in [5, 5.41) is 10.7. The topological polar surface area (TPSA) is 46.5 Å². The van der Waals surface area contributed by atoms with E-state index in [0.717, 1.165) is 28.0 Å². The molecule has 3 nitrogen and oxygen atoms in total. The second-order valence-electron chi connectivity index (χ2n) is 7.49. The maximum atomic E-state index is 12.8. The fourth-order valence-electron chi connectivity index (χ4n) is 3.65. The Bertz CT molecular complexity index is 895. The molecule has 148 valence electrons. The number of halogens is 1. The highest BCUT2D eigenvalue weighted by molar-refractivity contribution is 14.1. The van der Waals surface area contributed by atoms with Crippen molar-refractivity contribution in [1.82, 2.24) is 0 Å². The van der Waals surface area contributed by atoms with Crippen molar-refractivity contribution in [3.63, 3.8) is 0 Å². The van der Waals surface area contributed by atoms with Gasteiger partial charge in [0.1, 0.15) is 17.4 Å². The molecule has 0 saturated heterocycles. The van der Waals surface area contributed by atoms with Crippen LogP contribution in [0.4, 0.5) is 0 Å². The second-order valence-corrected chi connectivity index (χ2v) is 9.82. The van der Waals surface area contributed by atoms with Gasteiger partial charge in [-0.1, -0.05) is 24.6 Å². The average molecular weight is 508 g/mol. The van der Waals surface area contributed by atoms with Crippen molar-refractivity contribution in [1.29, 1.82) is 0 Å². The van der Waals surface area contributed by atoms with E-state index in [1.807, 2.05) is 32.9 Å². The maximum Gasteiger partial charge on any atom is 0.342 e. The second kappa shape index (κ2) is 8.91. The van der Waals surface area contributed by atoms with E-state index in [1.165, 1.54) is 8.47 Å². The molecule has 0 fully saturated rings. The SMILES string of the molecule is Cc1cc(C)c(C2=C(O)CC(C(C)CSc3ccc(I)cc3)OC2=O)c(C)c1. The number of hydrogen-bond donors (Lipinski definition) is 1. The Hall–Kier alpha value is -1.47. The molecule has 1 N–H and O–H groups in total. The summed E-state index contributed by atoms with van der Waals surface area (Å²) in [6, 6.07) is 12.4. The van der Waals surface area contributed by atoms with Crippen LogP contribution in [0.2, 0.25) is 0 Å². The first kappa shape index (κ1) is 21.2. The van der Waals surface area contributed by atoms with Crippen molar-refractivity contribution in [2.75, 3.05) is 5.75 Å². The van der Waals surface area contributed by atoms with E-state index in [9.17, 15) is 9.90 Å². The number of aliphatic hydroxyl groups excluding tert-OH is 1. The van der Waals surface area contributed by atoms with Gasteiger partial charge in [0, 0.05) is 26.6 Å². The number of ether oxygens (including phenoxy) is 1. The third kappa shape index (κ3) is 4.74.